The molecule has 1 rings (SSSR count). The highest BCUT2D eigenvalue weighted by molar-refractivity contribution is 5.67. The summed E-state index contributed by atoms with van der Waals surface area (Å²) in [5.41, 5.74) is 0.555. The SMILES string of the molecule is CC(CC(=O)O)N[C@H](C)c1ccccc1F. The van der Waals surface area contributed by atoms with Crippen LogP contribution in [-0.4, -0.2) is 17.1 Å². The van der Waals surface area contributed by atoms with Gasteiger partial charge in [0.2, 0.25) is 0 Å². The molecule has 3 nitrogen and oxygen atoms in total. The van der Waals surface area contributed by atoms with Crippen LogP contribution in [0.5, 0.6) is 0 Å². The molecule has 0 aliphatic rings. The third kappa shape index (κ3) is 3.62. The second-order valence-corrected chi connectivity index (χ2v) is 3.91. The first-order chi connectivity index (χ1) is 7.50. The van der Waals surface area contributed by atoms with E-state index in [4.69, 9.17) is 5.11 Å². The molecule has 0 aromatic heterocycles. The molecule has 0 aliphatic carbocycles. The summed E-state index contributed by atoms with van der Waals surface area (Å²) in [7, 11) is 0. The molecule has 0 saturated carbocycles. The van der Waals surface area contributed by atoms with Crippen LogP contribution >= 0.6 is 0 Å². The summed E-state index contributed by atoms with van der Waals surface area (Å²) in [6, 6.07) is 6.10. The molecule has 0 fully saturated rings. The Morgan fingerprint density at radius 3 is 2.62 bits per heavy atom. The Bertz CT molecular complexity index is 368. The number of nitrogens with one attached hydrogen (secondary N) is 1. The van der Waals surface area contributed by atoms with Gasteiger partial charge in [-0.25, -0.2) is 4.39 Å². The van der Waals surface area contributed by atoms with Crippen molar-refractivity contribution in [3.8, 4) is 0 Å². The lowest BCUT2D eigenvalue weighted by atomic mass is 10.1. The number of carboxylic acids is 1. The van der Waals surface area contributed by atoms with Crippen LogP contribution in [0.25, 0.3) is 0 Å². The number of aliphatic carboxylic acids is 1. The average molecular weight is 225 g/mol. The topological polar surface area (TPSA) is 49.3 Å². The summed E-state index contributed by atoms with van der Waals surface area (Å²) in [5, 5.41) is 11.7. The number of rotatable bonds is 5. The number of hydrogen-bond acceptors (Lipinski definition) is 2. The molecule has 2 atom stereocenters. The molecule has 0 amide bonds. The van der Waals surface area contributed by atoms with E-state index in [1.165, 1.54) is 6.07 Å². The van der Waals surface area contributed by atoms with Gasteiger partial charge >= 0.3 is 5.97 Å². The lowest BCUT2D eigenvalue weighted by molar-refractivity contribution is -0.137. The number of halogens is 1. The van der Waals surface area contributed by atoms with E-state index in [2.05, 4.69) is 5.32 Å². The van der Waals surface area contributed by atoms with Gasteiger partial charge < -0.3 is 10.4 Å². The number of carbonyl (C=O) groups is 1. The summed E-state index contributed by atoms with van der Waals surface area (Å²) in [6.07, 6.45) is 0.0266. The van der Waals surface area contributed by atoms with Crippen LogP contribution in [-0.2, 0) is 4.79 Å². The molecule has 0 bridgehead atoms. The molecule has 0 heterocycles. The average Bonchev–Trinajstić information content (AvgIpc) is 2.16. The molecular formula is C12H16FNO2. The number of hydrogen-bond donors (Lipinski definition) is 2. The summed E-state index contributed by atoms with van der Waals surface area (Å²) in [4.78, 5) is 10.5. The summed E-state index contributed by atoms with van der Waals surface area (Å²) in [6.45, 7) is 3.59. The van der Waals surface area contributed by atoms with E-state index < -0.39 is 5.97 Å². The fourth-order valence-electron chi connectivity index (χ4n) is 1.66. The van der Waals surface area contributed by atoms with Crippen molar-refractivity contribution in [1.82, 2.24) is 5.32 Å². The standard InChI is InChI=1S/C12H16FNO2/c1-8(7-12(15)16)14-9(2)10-5-3-4-6-11(10)13/h3-6,8-9,14H,7H2,1-2H3,(H,15,16)/t8?,9-/m1/s1. The van der Waals surface area contributed by atoms with Crippen LogP contribution in [0, 0.1) is 5.82 Å². The zero-order valence-electron chi connectivity index (χ0n) is 9.40. The summed E-state index contributed by atoms with van der Waals surface area (Å²) >= 11 is 0. The van der Waals surface area contributed by atoms with Crippen LogP contribution in [0.4, 0.5) is 4.39 Å². The Labute approximate surface area is 94.3 Å². The van der Waals surface area contributed by atoms with Crippen LogP contribution in [0.3, 0.4) is 0 Å². The van der Waals surface area contributed by atoms with Crippen molar-refractivity contribution in [2.24, 2.45) is 0 Å². The Morgan fingerprint density at radius 2 is 2.06 bits per heavy atom. The van der Waals surface area contributed by atoms with Gasteiger partial charge in [0.1, 0.15) is 5.82 Å². The van der Waals surface area contributed by atoms with E-state index in [-0.39, 0.29) is 24.3 Å². The fourth-order valence-corrected chi connectivity index (χ4v) is 1.66. The lowest BCUT2D eigenvalue weighted by Crippen LogP contribution is -2.31. The van der Waals surface area contributed by atoms with E-state index in [0.29, 0.717) is 5.56 Å². The first-order valence-electron chi connectivity index (χ1n) is 5.23. The maximum Gasteiger partial charge on any atom is 0.304 e. The van der Waals surface area contributed by atoms with Gasteiger partial charge in [-0.05, 0) is 19.9 Å². The number of benzene rings is 1. The third-order valence-corrected chi connectivity index (χ3v) is 2.39. The van der Waals surface area contributed by atoms with E-state index in [1.54, 1.807) is 25.1 Å². The Kier molecular flexibility index (Phi) is 4.43. The predicted molar refractivity (Wildman–Crippen MR) is 59.7 cm³/mol. The fraction of sp³-hybridized carbons (Fsp3) is 0.417. The van der Waals surface area contributed by atoms with E-state index in [1.807, 2.05) is 6.92 Å². The van der Waals surface area contributed by atoms with Gasteiger partial charge in [0, 0.05) is 17.6 Å². The molecule has 1 aromatic carbocycles. The van der Waals surface area contributed by atoms with Crippen LogP contribution in [0.2, 0.25) is 0 Å². The second-order valence-electron chi connectivity index (χ2n) is 3.91. The van der Waals surface area contributed by atoms with Crippen molar-refractivity contribution in [3.63, 3.8) is 0 Å². The lowest BCUT2D eigenvalue weighted by Gasteiger charge is -2.19. The molecule has 0 spiro atoms. The molecule has 0 radical (unpaired) electrons. The van der Waals surface area contributed by atoms with Crippen molar-refractivity contribution < 1.29 is 14.3 Å². The highest BCUT2D eigenvalue weighted by Crippen LogP contribution is 2.16. The maximum atomic E-state index is 13.4. The van der Waals surface area contributed by atoms with Crippen LogP contribution < -0.4 is 5.32 Å². The third-order valence-electron chi connectivity index (χ3n) is 2.39. The quantitative estimate of drug-likeness (QED) is 0.808. The van der Waals surface area contributed by atoms with Gasteiger partial charge in [-0.15, -0.1) is 0 Å². The van der Waals surface area contributed by atoms with E-state index in [9.17, 15) is 9.18 Å². The van der Waals surface area contributed by atoms with Crippen molar-refractivity contribution >= 4 is 5.97 Å². The molecule has 88 valence electrons. The van der Waals surface area contributed by atoms with E-state index in [0.717, 1.165) is 0 Å². The van der Waals surface area contributed by atoms with Gasteiger partial charge in [0.15, 0.2) is 0 Å². The molecule has 0 aliphatic heterocycles. The highest BCUT2D eigenvalue weighted by atomic mass is 19.1. The van der Waals surface area contributed by atoms with E-state index >= 15 is 0 Å². The minimum Gasteiger partial charge on any atom is -0.481 e. The smallest absolute Gasteiger partial charge is 0.304 e. The van der Waals surface area contributed by atoms with Gasteiger partial charge in [0.25, 0.3) is 0 Å². The highest BCUT2D eigenvalue weighted by Gasteiger charge is 2.14. The van der Waals surface area contributed by atoms with Crippen molar-refractivity contribution in [3.05, 3.63) is 35.6 Å². The Hall–Kier alpha value is -1.42. The van der Waals surface area contributed by atoms with Crippen LogP contribution in [0.1, 0.15) is 31.9 Å². The molecule has 0 saturated heterocycles. The second kappa shape index (κ2) is 5.61. The Balaban J connectivity index is 2.62. The predicted octanol–water partition coefficient (Wildman–Crippen LogP) is 2.34. The van der Waals surface area contributed by atoms with Crippen molar-refractivity contribution in [1.29, 1.82) is 0 Å². The van der Waals surface area contributed by atoms with Gasteiger partial charge in [0.05, 0.1) is 6.42 Å². The maximum absolute atomic E-state index is 13.4. The Morgan fingerprint density at radius 1 is 1.44 bits per heavy atom. The van der Waals surface area contributed by atoms with Gasteiger partial charge in [-0.2, -0.15) is 0 Å². The first-order valence-corrected chi connectivity index (χ1v) is 5.23. The molecular weight excluding hydrogens is 209 g/mol. The monoisotopic (exact) mass is 225 g/mol. The minimum atomic E-state index is -0.860. The number of carboxylic acid groups (broad SMARTS) is 1. The van der Waals surface area contributed by atoms with Crippen molar-refractivity contribution in [2.75, 3.05) is 0 Å². The van der Waals surface area contributed by atoms with Crippen LogP contribution in [0.15, 0.2) is 24.3 Å². The molecule has 16 heavy (non-hydrogen) atoms. The summed E-state index contributed by atoms with van der Waals surface area (Å²) < 4.78 is 13.4. The molecule has 1 unspecified atom stereocenters. The molecule has 1 aromatic rings. The summed E-state index contributed by atoms with van der Waals surface area (Å²) in [5.74, 6) is -1.13. The van der Waals surface area contributed by atoms with Gasteiger partial charge in [-0.3, -0.25) is 4.79 Å². The normalized spacial score (nSPS) is 14.4. The first kappa shape index (κ1) is 12.6. The largest absolute Gasteiger partial charge is 0.481 e. The minimum absolute atomic E-state index is 0.0266. The van der Waals surface area contributed by atoms with Gasteiger partial charge in [-0.1, -0.05) is 18.2 Å². The van der Waals surface area contributed by atoms with Crippen molar-refractivity contribution in [2.45, 2.75) is 32.4 Å². The zero-order valence-corrected chi connectivity index (χ0v) is 9.40. The zero-order chi connectivity index (χ0) is 12.1. The molecule has 4 heteroatoms. The molecule has 2 N–H and O–H groups in total.